The van der Waals surface area contributed by atoms with Crippen molar-refractivity contribution in [2.75, 3.05) is 13.1 Å². The van der Waals surface area contributed by atoms with Crippen molar-refractivity contribution in [2.45, 2.75) is 39.8 Å². The molecule has 1 aromatic carbocycles. The summed E-state index contributed by atoms with van der Waals surface area (Å²) in [5.74, 6) is 1.30. The number of hydrogen-bond donors (Lipinski definition) is 2. The summed E-state index contributed by atoms with van der Waals surface area (Å²) in [5.41, 5.74) is 6.82. The zero-order valence-electron chi connectivity index (χ0n) is 14.7. The SMILES string of the molecule is CC.CC1CN(Cc2ccccc2)CC1c1nnc(CN)c(=O)[nH]1. The van der Waals surface area contributed by atoms with Crippen molar-refractivity contribution in [3.8, 4) is 0 Å². The maximum Gasteiger partial charge on any atom is 0.274 e. The fourth-order valence-corrected chi connectivity index (χ4v) is 3.07. The molecule has 2 unspecified atom stereocenters. The number of aromatic amines is 1. The summed E-state index contributed by atoms with van der Waals surface area (Å²) in [5, 5.41) is 8.12. The molecular formula is C18H27N5O. The van der Waals surface area contributed by atoms with Crippen molar-refractivity contribution in [2.24, 2.45) is 11.7 Å². The maximum atomic E-state index is 11.9. The molecule has 0 saturated carbocycles. The molecule has 1 aromatic heterocycles. The average Bonchev–Trinajstić information content (AvgIpc) is 2.98. The molecule has 2 aromatic rings. The number of nitrogens with two attached hydrogens (primary N) is 1. The van der Waals surface area contributed by atoms with Crippen LogP contribution in [0.25, 0.3) is 0 Å². The van der Waals surface area contributed by atoms with E-state index >= 15 is 0 Å². The molecule has 0 amide bonds. The van der Waals surface area contributed by atoms with Crippen LogP contribution < -0.4 is 11.3 Å². The van der Waals surface area contributed by atoms with Crippen molar-refractivity contribution in [1.82, 2.24) is 20.1 Å². The Balaban J connectivity index is 0.00000100. The van der Waals surface area contributed by atoms with Crippen LogP contribution in [0.1, 0.15) is 43.8 Å². The van der Waals surface area contributed by atoms with Crippen molar-refractivity contribution in [1.29, 1.82) is 0 Å². The van der Waals surface area contributed by atoms with Gasteiger partial charge in [-0.05, 0) is 11.5 Å². The summed E-state index contributed by atoms with van der Waals surface area (Å²) in [7, 11) is 0. The lowest BCUT2D eigenvalue weighted by Gasteiger charge is -2.15. The number of aromatic nitrogens is 3. The van der Waals surface area contributed by atoms with Gasteiger partial charge in [-0.1, -0.05) is 51.1 Å². The molecule has 3 N–H and O–H groups in total. The lowest BCUT2D eigenvalue weighted by atomic mass is 9.97. The van der Waals surface area contributed by atoms with Gasteiger partial charge in [0.05, 0.1) is 0 Å². The molecule has 3 rings (SSSR count). The van der Waals surface area contributed by atoms with E-state index in [1.807, 2.05) is 19.9 Å². The van der Waals surface area contributed by atoms with E-state index in [0.29, 0.717) is 11.7 Å². The van der Waals surface area contributed by atoms with E-state index in [4.69, 9.17) is 5.73 Å². The van der Waals surface area contributed by atoms with Gasteiger partial charge in [-0.3, -0.25) is 9.69 Å². The highest BCUT2D eigenvalue weighted by Gasteiger charge is 2.32. The molecule has 1 fully saturated rings. The van der Waals surface area contributed by atoms with E-state index in [1.165, 1.54) is 5.56 Å². The van der Waals surface area contributed by atoms with Crippen LogP contribution in [-0.2, 0) is 13.1 Å². The molecular weight excluding hydrogens is 302 g/mol. The predicted octanol–water partition coefficient (Wildman–Crippen LogP) is 1.89. The van der Waals surface area contributed by atoms with Crippen LogP contribution in [-0.4, -0.2) is 33.2 Å². The molecule has 1 saturated heterocycles. The number of benzene rings is 1. The molecule has 2 atom stereocenters. The molecule has 0 spiro atoms. The third kappa shape index (κ3) is 4.27. The molecule has 2 heterocycles. The number of likely N-dealkylation sites (tertiary alicyclic amines) is 1. The first-order chi connectivity index (χ1) is 11.7. The van der Waals surface area contributed by atoms with Gasteiger partial charge in [-0.15, -0.1) is 10.2 Å². The number of rotatable bonds is 4. The van der Waals surface area contributed by atoms with Gasteiger partial charge in [0.2, 0.25) is 0 Å². The van der Waals surface area contributed by atoms with Crippen molar-refractivity contribution in [3.63, 3.8) is 0 Å². The Bertz CT molecular complexity index is 685. The van der Waals surface area contributed by atoms with Crippen LogP contribution in [0.15, 0.2) is 35.1 Å². The fourth-order valence-electron chi connectivity index (χ4n) is 3.07. The molecule has 6 heteroatoms. The zero-order valence-corrected chi connectivity index (χ0v) is 14.7. The Morgan fingerprint density at radius 3 is 2.54 bits per heavy atom. The van der Waals surface area contributed by atoms with Crippen LogP contribution in [0.3, 0.4) is 0 Å². The molecule has 0 aliphatic carbocycles. The standard InChI is InChI=1S/C16H21N5O.C2H6/c1-11-8-21(9-12-5-3-2-4-6-12)10-13(11)15-18-16(22)14(7-17)19-20-15;1-2/h2-6,11,13H,7-10,17H2,1H3,(H,18,20,22);1-2H3. The average molecular weight is 329 g/mol. The molecule has 1 aliphatic rings. The van der Waals surface area contributed by atoms with Gasteiger partial charge in [0, 0.05) is 32.1 Å². The van der Waals surface area contributed by atoms with Gasteiger partial charge in [0.25, 0.3) is 5.56 Å². The number of H-pyrrole nitrogens is 1. The minimum Gasteiger partial charge on any atom is -0.325 e. The lowest BCUT2D eigenvalue weighted by Crippen LogP contribution is -2.25. The van der Waals surface area contributed by atoms with Crippen LogP contribution in [0.5, 0.6) is 0 Å². The lowest BCUT2D eigenvalue weighted by molar-refractivity contribution is 0.318. The molecule has 0 radical (unpaired) electrons. The molecule has 24 heavy (non-hydrogen) atoms. The third-order valence-corrected chi connectivity index (χ3v) is 4.26. The second kappa shape index (κ2) is 8.70. The Kier molecular flexibility index (Phi) is 6.63. The monoisotopic (exact) mass is 329 g/mol. The Labute approximate surface area is 143 Å². The molecule has 0 bridgehead atoms. The van der Waals surface area contributed by atoms with E-state index in [9.17, 15) is 4.79 Å². The van der Waals surface area contributed by atoms with E-state index in [0.717, 1.165) is 19.6 Å². The summed E-state index contributed by atoms with van der Waals surface area (Å²) >= 11 is 0. The Morgan fingerprint density at radius 2 is 1.92 bits per heavy atom. The minimum absolute atomic E-state index is 0.114. The normalized spacial score (nSPS) is 20.5. The minimum atomic E-state index is -0.221. The zero-order chi connectivity index (χ0) is 17.5. The van der Waals surface area contributed by atoms with Crippen LogP contribution in [0, 0.1) is 5.92 Å². The van der Waals surface area contributed by atoms with Gasteiger partial charge in [-0.2, -0.15) is 0 Å². The smallest absolute Gasteiger partial charge is 0.274 e. The molecule has 130 valence electrons. The van der Waals surface area contributed by atoms with E-state index in [1.54, 1.807) is 0 Å². The maximum absolute atomic E-state index is 11.9. The van der Waals surface area contributed by atoms with E-state index in [2.05, 4.69) is 51.3 Å². The number of nitrogens with zero attached hydrogens (tertiary/aromatic N) is 3. The second-order valence-corrected chi connectivity index (χ2v) is 5.95. The highest BCUT2D eigenvalue weighted by Crippen LogP contribution is 2.30. The third-order valence-electron chi connectivity index (χ3n) is 4.26. The molecule has 6 nitrogen and oxygen atoms in total. The molecule has 1 aliphatic heterocycles. The van der Waals surface area contributed by atoms with Gasteiger partial charge in [0.15, 0.2) is 0 Å². The van der Waals surface area contributed by atoms with Gasteiger partial charge < -0.3 is 10.7 Å². The van der Waals surface area contributed by atoms with Crippen LogP contribution in [0.4, 0.5) is 0 Å². The first kappa shape index (κ1) is 18.3. The Morgan fingerprint density at radius 1 is 1.21 bits per heavy atom. The first-order valence-corrected chi connectivity index (χ1v) is 8.59. The quantitative estimate of drug-likeness (QED) is 0.894. The van der Waals surface area contributed by atoms with Crippen molar-refractivity contribution < 1.29 is 0 Å². The topological polar surface area (TPSA) is 87.9 Å². The number of nitrogens with one attached hydrogen (secondary N) is 1. The first-order valence-electron chi connectivity index (χ1n) is 8.59. The Hall–Kier alpha value is -2.05. The van der Waals surface area contributed by atoms with E-state index in [-0.39, 0.29) is 23.7 Å². The van der Waals surface area contributed by atoms with Gasteiger partial charge in [0.1, 0.15) is 11.5 Å². The summed E-state index contributed by atoms with van der Waals surface area (Å²) in [6, 6.07) is 10.4. The number of hydrogen-bond acceptors (Lipinski definition) is 5. The van der Waals surface area contributed by atoms with Crippen molar-refractivity contribution >= 4 is 0 Å². The summed E-state index contributed by atoms with van der Waals surface area (Å²) in [6.45, 7) is 9.08. The summed E-state index contributed by atoms with van der Waals surface area (Å²) < 4.78 is 0. The van der Waals surface area contributed by atoms with Crippen LogP contribution >= 0.6 is 0 Å². The van der Waals surface area contributed by atoms with Gasteiger partial charge >= 0.3 is 0 Å². The van der Waals surface area contributed by atoms with Gasteiger partial charge in [-0.25, -0.2) is 0 Å². The van der Waals surface area contributed by atoms with E-state index < -0.39 is 0 Å². The predicted molar refractivity (Wildman–Crippen MR) is 95.5 cm³/mol. The summed E-state index contributed by atoms with van der Waals surface area (Å²) in [6.07, 6.45) is 0. The van der Waals surface area contributed by atoms with Crippen molar-refractivity contribution in [3.05, 3.63) is 57.8 Å². The fraction of sp³-hybridized carbons (Fsp3) is 0.500. The largest absolute Gasteiger partial charge is 0.325 e. The van der Waals surface area contributed by atoms with Crippen LogP contribution in [0.2, 0.25) is 0 Å². The highest BCUT2D eigenvalue weighted by atomic mass is 16.1. The second-order valence-electron chi connectivity index (χ2n) is 5.95. The summed E-state index contributed by atoms with van der Waals surface area (Å²) in [4.78, 5) is 17.1. The highest BCUT2D eigenvalue weighted by molar-refractivity contribution is 5.15.